The first kappa shape index (κ1) is 15.6. The number of carbonyl (C=O) groups excluding carboxylic acids is 1. The zero-order valence-corrected chi connectivity index (χ0v) is 13.1. The van der Waals surface area contributed by atoms with Gasteiger partial charge in [-0.05, 0) is 51.0 Å². The van der Waals surface area contributed by atoms with Crippen LogP contribution in [-0.2, 0) is 4.79 Å². The first-order valence-corrected chi connectivity index (χ1v) is 7.46. The van der Waals surface area contributed by atoms with Crippen LogP contribution < -0.4 is 15.4 Å². The quantitative estimate of drug-likeness (QED) is 0.875. The van der Waals surface area contributed by atoms with Crippen LogP contribution in [0.1, 0.15) is 19.8 Å². The summed E-state index contributed by atoms with van der Waals surface area (Å²) in [6.45, 7) is 4.83. The Morgan fingerprint density at radius 3 is 2.71 bits per heavy atom. The number of carbonyl (C=O) groups is 1. The molecular weight excluding hydrogens is 266 g/mol. The average Bonchev–Trinajstić information content (AvgIpc) is 2.47. The Kier molecular flexibility index (Phi) is 5.44. The molecule has 1 aliphatic heterocycles. The van der Waals surface area contributed by atoms with E-state index < -0.39 is 0 Å². The van der Waals surface area contributed by atoms with Gasteiger partial charge in [-0.25, -0.2) is 0 Å². The van der Waals surface area contributed by atoms with Gasteiger partial charge in [0.25, 0.3) is 0 Å². The van der Waals surface area contributed by atoms with Gasteiger partial charge in [0.15, 0.2) is 0 Å². The molecule has 5 heteroatoms. The van der Waals surface area contributed by atoms with Crippen molar-refractivity contribution in [2.45, 2.75) is 19.8 Å². The Morgan fingerprint density at radius 1 is 1.38 bits per heavy atom. The number of rotatable bonds is 5. The van der Waals surface area contributed by atoms with E-state index in [2.05, 4.69) is 22.6 Å². The van der Waals surface area contributed by atoms with Crippen LogP contribution in [0.4, 0.5) is 11.4 Å². The van der Waals surface area contributed by atoms with Gasteiger partial charge in [-0.2, -0.15) is 0 Å². The zero-order chi connectivity index (χ0) is 15.2. The van der Waals surface area contributed by atoms with E-state index in [1.165, 1.54) is 32.9 Å². The van der Waals surface area contributed by atoms with Crippen molar-refractivity contribution in [3.8, 4) is 5.75 Å². The Labute approximate surface area is 126 Å². The number of likely N-dealkylation sites (tertiary alicyclic amines) is 1. The van der Waals surface area contributed by atoms with Gasteiger partial charge >= 0.3 is 0 Å². The standard InChI is InChI=1S/C16H25N3O2/c1-12(20)18-15-5-4-14(10-16(15)21-3)17-11-13-6-8-19(2)9-7-13/h4-5,10,13,17H,6-9,11H2,1-3H3,(H,18,20). The summed E-state index contributed by atoms with van der Waals surface area (Å²) in [5, 5.41) is 6.24. The third kappa shape index (κ3) is 4.63. The van der Waals surface area contributed by atoms with Gasteiger partial charge in [-0.15, -0.1) is 0 Å². The van der Waals surface area contributed by atoms with Crippen LogP contribution in [0.3, 0.4) is 0 Å². The second-order valence-corrected chi connectivity index (χ2v) is 5.72. The fourth-order valence-electron chi connectivity index (χ4n) is 2.62. The fourth-order valence-corrected chi connectivity index (χ4v) is 2.62. The Morgan fingerprint density at radius 2 is 2.10 bits per heavy atom. The molecule has 1 saturated heterocycles. The van der Waals surface area contributed by atoms with Gasteiger partial charge in [0.1, 0.15) is 5.75 Å². The summed E-state index contributed by atoms with van der Waals surface area (Å²) in [4.78, 5) is 13.5. The van der Waals surface area contributed by atoms with Gasteiger partial charge in [-0.1, -0.05) is 0 Å². The minimum atomic E-state index is -0.0969. The van der Waals surface area contributed by atoms with E-state index in [9.17, 15) is 4.79 Å². The molecule has 1 amide bonds. The highest BCUT2D eigenvalue weighted by Crippen LogP contribution is 2.28. The molecule has 0 bridgehead atoms. The van der Waals surface area contributed by atoms with Crippen molar-refractivity contribution < 1.29 is 9.53 Å². The summed E-state index contributed by atoms with van der Waals surface area (Å²) < 4.78 is 5.33. The number of anilines is 2. The molecule has 1 heterocycles. The topological polar surface area (TPSA) is 53.6 Å². The molecule has 0 saturated carbocycles. The number of amides is 1. The van der Waals surface area contributed by atoms with Gasteiger partial charge < -0.3 is 20.3 Å². The van der Waals surface area contributed by atoms with Crippen molar-refractivity contribution in [3.05, 3.63) is 18.2 Å². The van der Waals surface area contributed by atoms with Crippen molar-refractivity contribution in [3.63, 3.8) is 0 Å². The Balaban J connectivity index is 1.92. The summed E-state index contributed by atoms with van der Waals surface area (Å²) in [5.41, 5.74) is 1.73. The van der Waals surface area contributed by atoms with E-state index in [-0.39, 0.29) is 5.91 Å². The molecule has 1 fully saturated rings. The number of methoxy groups -OCH3 is 1. The molecule has 1 aromatic carbocycles. The van der Waals surface area contributed by atoms with Crippen molar-refractivity contribution in [1.82, 2.24) is 4.90 Å². The lowest BCUT2D eigenvalue weighted by atomic mass is 9.97. The van der Waals surface area contributed by atoms with E-state index in [0.29, 0.717) is 11.4 Å². The highest BCUT2D eigenvalue weighted by atomic mass is 16.5. The van der Waals surface area contributed by atoms with Gasteiger partial charge in [0.2, 0.25) is 5.91 Å². The van der Waals surface area contributed by atoms with Crippen molar-refractivity contribution >= 4 is 17.3 Å². The first-order chi connectivity index (χ1) is 10.1. The summed E-state index contributed by atoms with van der Waals surface area (Å²) in [5.74, 6) is 1.31. The van der Waals surface area contributed by atoms with E-state index in [1.807, 2.05) is 18.2 Å². The summed E-state index contributed by atoms with van der Waals surface area (Å²) in [6.07, 6.45) is 2.48. The number of nitrogens with zero attached hydrogens (tertiary/aromatic N) is 1. The maximum absolute atomic E-state index is 11.1. The summed E-state index contributed by atoms with van der Waals surface area (Å²) in [6, 6.07) is 5.78. The molecule has 0 spiro atoms. The lowest BCUT2D eigenvalue weighted by molar-refractivity contribution is -0.114. The van der Waals surface area contributed by atoms with E-state index in [4.69, 9.17) is 4.74 Å². The monoisotopic (exact) mass is 291 g/mol. The predicted molar refractivity (Wildman–Crippen MR) is 86.0 cm³/mol. The predicted octanol–water partition coefficient (Wildman–Crippen LogP) is 2.41. The highest BCUT2D eigenvalue weighted by molar-refractivity contribution is 5.90. The Hall–Kier alpha value is -1.75. The summed E-state index contributed by atoms with van der Waals surface area (Å²) >= 11 is 0. The molecule has 1 aromatic rings. The molecule has 0 unspecified atom stereocenters. The largest absolute Gasteiger partial charge is 0.494 e. The number of piperidine rings is 1. The smallest absolute Gasteiger partial charge is 0.221 e. The second-order valence-electron chi connectivity index (χ2n) is 5.72. The Bertz CT molecular complexity index is 482. The van der Waals surface area contributed by atoms with Crippen molar-refractivity contribution in [1.29, 1.82) is 0 Å². The van der Waals surface area contributed by atoms with Crippen LogP contribution in [-0.4, -0.2) is 44.6 Å². The molecule has 0 radical (unpaired) electrons. The number of hydrogen-bond donors (Lipinski definition) is 2. The molecule has 2 rings (SSSR count). The third-order valence-corrected chi connectivity index (χ3v) is 3.95. The summed E-state index contributed by atoms with van der Waals surface area (Å²) in [7, 11) is 3.79. The van der Waals surface area contributed by atoms with E-state index >= 15 is 0 Å². The zero-order valence-electron chi connectivity index (χ0n) is 13.1. The van der Waals surface area contributed by atoms with Crippen LogP contribution in [0.2, 0.25) is 0 Å². The molecule has 21 heavy (non-hydrogen) atoms. The normalized spacial score (nSPS) is 16.5. The highest BCUT2D eigenvalue weighted by Gasteiger charge is 2.16. The van der Waals surface area contributed by atoms with Crippen molar-refractivity contribution in [2.75, 3.05) is 44.4 Å². The first-order valence-electron chi connectivity index (χ1n) is 7.46. The lowest BCUT2D eigenvalue weighted by Gasteiger charge is -2.29. The molecule has 2 N–H and O–H groups in total. The lowest BCUT2D eigenvalue weighted by Crippen LogP contribution is -2.32. The number of hydrogen-bond acceptors (Lipinski definition) is 4. The van der Waals surface area contributed by atoms with Gasteiger partial charge in [0, 0.05) is 25.2 Å². The minimum Gasteiger partial charge on any atom is -0.494 e. The van der Waals surface area contributed by atoms with Gasteiger partial charge in [-0.3, -0.25) is 4.79 Å². The maximum atomic E-state index is 11.1. The SMILES string of the molecule is COc1cc(NCC2CCN(C)CC2)ccc1NC(C)=O. The second kappa shape index (κ2) is 7.31. The molecule has 0 aromatic heterocycles. The van der Waals surface area contributed by atoms with Crippen LogP contribution >= 0.6 is 0 Å². The minimum absolute atomic E-state index is 0.0969. The van der Waals surface area contributed by atoms with Crippen LogP contribution in [0, 0.1) is 5.92 Å². The van der Waals surface area contributed by atoms with Crippen molar-refractivity contribution in [2.24, 2.45) is 5.92 Å². The number of ether oxygens (including phenoxy) is 1. The molecule has 5 nitrogen and oxygen atoms in total. The van der Waals surface area contributed by atoms with Crippen LogP contribution in [0.15, 0.2) is 18.2 Å². The average molecular weight is 291 g/mol. The molecule has 0 atom stereocenters. The van der Waals surface area contributed by atoms with Crippen LogP contribution in [0.25, 0.3) is 0 Å². The van der Waals surface area contributed by atoms with E-state index in [0.717, 1.165) is 18.2 Å². The van der Waals surface area contributed by atoms with Crippen LogP contribution in [0.5, 0.6) is 5.75 Å². The molecular formula is C16H25N3O2. The third-order valence-electron chi connectivity index (χ3n) is 3.95. The maximum Gasteiger partial charge on any atom is 0.221 e. The molecule has 0 aliphatic carbocycles. The molecule has 1 aliphatic rings. The number of benzene rings is 1. The fraction of sp³-hybridized carbons (Fsp3) is 0.562. The van der Waals surface area contributed by atoms with E-state index in [1.54, 1.807) is 7.11 Å². The number of nitrogens with one attached hydrogen (secondary N) is 2. The molecule has 116 valence electrons. The van der Waals surface area contributed by atoms with Gasteiger partial charge in [0.05, 0.1) is 12.8 Å².